The van der Waals surface area contributed by atoms with Crippen LogP contribution in [0.3, 0.4) is 0 Å². The summed E-state index contributed by atoms with van der Waals surface area (Å²) >= 11 is 0. The number of rotatable bonds is 7. The third-order valence-electron chi connectivity index (χ3n) is 2.42. The number of aromatic nitrogens is 2. The van der Waals surface area contributed by atoms with Crippen molar-refractivity contribution in [3.05, 3.63) is 18.0 Å². The van der Waals surface area contributed by atoms with Gasteiger partial charge in [0.05, 0.1) is 12.7 Å². The first-order valence-electron chi connectivity index (χ1n) is 5.88. The number of hydrogen-bond acceptors (Lipinski definition) is 2. The molecular weight excluding hydrogens is 186 g/mol. The normalized spacial score (nSPS) is 11.2. The van der Waals surface area contributed by atoms with Gasteiger partial charge in [-0.25, -0.2) is 0 Å². The lowest BCUT2D eigenvalue weighted by Gasteiger charge is -2.06. The molecule has 1 rings (SSSR count). The fourth-order valence-electron chi connectivity index (χ4n) is 1.54. The van der Waals surface area contributed by atoms with Crippen LogP contribution in [0.5, 0.6) is 0 Å². The van der Waals surface area contributed by atoms with Crippen molar-refractivity contribution in [1.29, 1.82) is 0 Å². The van der Waals surface area contributed by atoms with Gasteiger partial charge in [-0.3, -0.25) is 4.68 Å². The van der Waals surface area contributed by atoms with Crippen molar-refractivity contribution >= 4 is 0 Å². The summed E-state index contributed by atoms with van der Waals surface area (Å²) in [6.45, 7) is 9.71. The van der Waals surface area contributed by atoms with Gasteiger partial charge in [0.1, 0.15) is 0 Å². The minimum atomic E-state index is 0.820. The second-order valence-electron chi connectivity index (χ2n) is 4.57. The van der Waals surface area contributed by atoms with Crippen LogP contribution in [0.2, 0.25) is 0 Å². The maximum Gasteiger partial charge on any atom is 0.0534 e. The van der Waals surface area contributed by atoms with Crippen LogP contribution in [0.4, 0.5) is 0 Å². The predicted octanol–water partition coefficient (Wildman–Crippen LogP) is 2.22. The van der Waals surface area contributed by atoms with E-state index >= 15 is 0 Å². The summed E-state index contributed by atoms with van der Waals surface area (Å²) < 4.78 is 1.99. The van der Waals surface area contributed by atoms with Gasteiger partial charge in [-0.05, 0) is 37.8 Å². The molecule has 0 aliphatic carbocycles. The third kappa shape index (κ3) is 5.57. The van der Waals surface area contributed by atoms with E-state index in [9.17, 15) is 0 Å². The van der Waals surface area contributed by atoms with Crippen LogP contribution in [0.1, 0.15) is 32.3 Å². The van der Waals surface area contributed by atoms with Gasteiger partial charge in [-0.15, -0.1) is 0 Å². The van der Waals surface area contributed by atoms with E-state index in [-0.39, 0.29) is 0 Å². The molecule has 1 heterocycles. The molecule has 1 aromatic rings. The molecule has 0 saturated heterocycles. The highest BCUT2D eigenvalue weighted by Crippen LogP contribution is 2.01. The molecule has 0 aliphatic heterocycles. The Morgan fingerprint density at radius 1 is 1.40 bits per heavy atom. The zero-order chi connectivity index (χ0) is 11.1. The van der Waals surface area contributed by atoms with E-state index in [2.05, 4.69) is 37.4 Å². The van der Waals surface area contributed by atoms with Crippen molar-refractivity contribution in [2.75, 3.05) is 13.1 Å². The maximum absolute atomic E-state index is 4.24. The van der Waals surface area contributed by atoms with Gasteiger partial charge in [0.25, 0.3) is 0 Å². The Kier molecular flexibility index (Phi) is 5.40. The smallest absolute Gasteiger partial charge is 0.0534 e. The number of aryl methyl sites for hydroxylation is 1. The molecule has 15 heavy (non-hydrogen) atoms. The largest absolute Gasteiger partial charge is 0.315 e. The number of nitrogens with one attached hydrogen (secondary N) is 1. The third-order valence-corrected chi connectivity index (χ3v) is 2.42. The van der Waals surface area contributed by atoms with Gasteiger partial charge in [0.2, 0.25) is 0 Å². The Hall–Kier alpha value is -0.830. The fourth-order valence-corrected chi connectivity index (χ4v) is 1.54. The highest BCUT2D eigenvalue weighted by atomic mass is 15.3. The molecule has 0 radical (unpaired) electrons. The second kappa shape index (κ2) is 6.62. The zero-order valence-corrected chi connectivity index (χ0v) is 10.2. The van der Waals surface area contributed by atoms with Crippen LogP contribution in [-0.4, -0.2) is 22.9 Å². The molecule has 3 nitrogen and oxygen atoms in total. The first kappa shape index (κ1) is 12.2. The SMILES string of the molecule is Cc1cnn(CCNCCCC(C)C)c1. The van der Waals surface area contributed by atoms with Crippen molar-refractivity contribution in [1.82, 2.24) is 15.1 Å². The van der Waals surface area contributed by atoms with Crippen LogP contribution < -0.4 is 5.32 Å². The lowest BCUT2D eigenvalue weighted by Crippen LogP contribution is -2.21. The van der Waals surface area contributed by atoms with Crippen LogP contribution >= 0.6 is 0 Å². The molecule has 0 unspecified atom stereocenters. The summed E-state index contributed by atoms with van der Waals surface area (Å²) in [6.07, 6.45) is 6.57. The van der Waals surface area contributed by atoms with Gasteiger partial charge in [-0.2, -0.15) is 5.10 Å². The van der Waals surface area contributed by atoms with Gasteiger partial charge >= 0.3 is 0 Å². The maximum atomic E-state index is 4.24. The molecule has 0 spiro atoms. The first-order valence-corrected chi connectivity index (χ1v) is 5.88. The molecule has 0 aromatic carbocycles. The van der Waals surface area contributed by atoms with Gasteiger partial charge < -0.3 is 5.32 Å². The Labute approximate surface area is 92.9 Å². The second-order valence-corrected chi connectivity index (χ2v) is 4.57. The first-order chi connectivity index (χ1) is 7.18. The molecule has 86 valence electrons. The Bertz CT molecular complexity index is 266. The van der Waals surface area contributed by atoms with Gasteiger partial charge in [0, 0.05) is 12.7 Å². The molecule has 1 N–H and O–H groups in total. The Balaban J connectivity index is 1.98. The molecule has 0 fully saturated rings. The Morgan fingerprint density at radius 2 is 2.20 bits per heavy atom. The van der Waals surface area contributed by atoms with E-state index in [1.54, 1.807) is 0 Å². The quantitative estimate of drug-likeness (QED) is 0.698. The lowest BCUT2D eigenvalue weighted by molar-refractivity contribution is 0.504. The standard InChI is InChI=1S/C12H23N3/c1-11(2)5-4-6-13-7-8-15-10-12(3)9-14-15/h9-11,13H,4-8H2,1-3H3. The average Bonchev–Trinajstić information content (AvgIpc) is 2.57. The summed E-state index contributed by atoms with van der Waals surface area (Å²) in [5.74, 6) is 0.820. The van der Waals surface area contributed by atoms with E-state index in [0.29, 0.717) is 0 Å². The average molecular weight is 209 g/mol. The van der Waals surface area contributed by atoms with E-state index in [4.69, 9.17) is 0 Å². The molecule has 1 aromatic heterocycles. The number of nitrogens with zero attached hydrogens (tertiary/aromatic N) is 2. The molecular formula is C12H23N3. The van der Waals surface area contributed by atoms with E-state index in [0.717, 1.165) is 25.6 Å². The minimum Gasteiger partial charge on any atom is -0.315 e. The fraction of sp³-hybridized carbons (Fsp3) is 0.750. The highest BCUT2D eigenvalue weighted by molar-refractivity contribution is 4.99. The molecule has 0 bridgehead atoms. The lowest BCUT2D eigenvalue weighted by atomic mass is 10.1. The summed E-state index contributed by atoms with van der Waals surface area (Å²) in [7, 11) is 0. The van der Waals surface area contributed by atoms with Gasteiger partial charge in [0.15, 0.2) is 0 Å². The molecule has 0 atom stereocenters. The van der Waals surface area contributed by atoms with Crippen molar-refractivity contribution < 1.29 is 0 Å². The van der Waals surface area contributed by atoms with Gasteiger partial charge in [-0.1, -0.05) is 13.8 Å². The van der Waals surface area contributed by atoms with Crippen molar-refractivity contribution in [2.24, 2.45) is 5.92 Å². The predicted molar refractivity (Wildman–Crippen MR) is 63.9 cm³/mol. The summed E-state index contributed by atoms with van der Waals surface area (Å²) in [6, 6.07) is 0. The van der Waals surface area contributed by atoms with E-state index < -0.39 is 0 Å². The van der Waals surface area contributed by atoms with Crippen molar-refractivity contribution in [3.8, 4) is 0 Å². The molecule has 0 amide bonds. The van der Waals surface area contributed by atoms with E-state index in [1.165, 1.54) is 18.4 Å². The summed E-state index contributed by atoms with van der Waals surface area (Å²) in [4.78, 5) is 0. The van der Waals surface area contributed by atoms with Crippen molar-refractivity contribution in [2.45, 2.75) is 40.2 Å². The molecule has 0 aliphatic rings. The monoisotopic (exact) mass is 209 g/mol. The van der Waals surface area contributed by atoms with E-state index in [1.807, 2.05) is 10.9 Å². The molecule has 0 saturated carbocycles. The van der Waals surface area contributed by atoms with Crippen molar-refractivity contribution in [3.63, 3.8) is 0 Å². The summed E-state index contributed by atoms with van der Waals surface area (Å²) in [5, 5.41) is 7.68. The van der Waals surface area contributed by atoms with Crippen LogP contribution in [0, 0.1) is 12.8 Å². The topological polar surface area (TPSA) is 29.9 Å². The van der Waals surface area contributed by atoms with Crippen LogP contribution in [0.25, 0.3) is 0 Å². The highest BCUT2D eigenvalue weighted by Gasteiger charge is 1.95. The summed E-state index contributed by atoms with van der Waals surface area (Å²) in [5.41, 5.74) is 1.23. The zero-order valence-electron chi connectivity index (χ0n) is 10.2. The number of hydrogen-bond donors (Lipinski definition) is 1. The van der Waals surface area contributed by atoms with Crippen LogP contribution in [-0.2, 0) is 6.54 Å². The van der Waals surface area contributed by atoms with Crippen LogP contribution in [0.15, 0.2) is 12.4 Å². The Morgan fingerprint density at radius 3 is 2.80 bits per heavy atom. The molecule has 3 heteroatoms. The minimum absolute atomic E-state index is 0.820.